The lowest BCUT2D eigenvalue weighted by Crippen LogP contribution is -1.92. The summed E-state index contributed by atoms with van der Waals surface area (Å²) in [5, 5.41) is 8.33. The molecule has 1 aromatic rings. The Labute approximate surface area is 70.6 Å². The minimum Gasteiger partial charge on any atom is -0.457 e. The third kappa shape index (κ3) is 1.73. The van der Waals surface area contributed by atoms with Crippen LogP contribution in [0.1, 0.15) is 29.7 Å². The summed E-state index contributed by atoms with van der Waals surface area (Å²) in [7, 11) is 0. The molecule has 1 aromatic heterocycles. The molecule has 0 unspecified atom stereocenters. The standard InChI is InChI=1S/C9H9NO2/c1-2-8(11)9-4-3-7(12-9)5-6-10/h3-4H,2,5H2,1H3. The molecular formula is C9H9NO2. The van der Waals surface area contributed by atoms with E-state index in [1.54, 1.807) is 19.1 Å². The van der Waals surface area contributed by atoms with Gasteiger partial charge in [0.2, 0.25) is 0 Å². The van der Waals surface area contributed by atoms with Crippen molar-refractivity contribution in [3.8, 4) is 6.07 Å². The average Bonchev–Trinajstić information content (AvgIpc) is 2.52. The Balaban J connectivity index is 2.78. The highest BCUT2D eigenvalue weighted by atomic mass is 16.3. The molecule has 0 saturated heterocycles. The number of ketones is 1. The van der Waals surface area contributed by atoms with E-state index in [2.05, 4.69) is 0 Å². The summed E-state index contributed by atoms with van der Waals surface area (Å²) in [4.78, 5) is 11.1. The zero-order chi connectivity index (χ0) is 8.97. The van der Waals surface area contributed by atoms with Crippen LogP contribution in [0.5, 0.6) is 0 Å². The van der Waals surface area contributed by atoms with Gasteiger partial charge in [0.15, 0.2) is 11.5 Å². The second kappa shape index (κ2) is 3.72. The summed E-state index contributed by atoms with van der Waals surface area (Å²) in [5.74, 6) is 0.872. The number of hydrogen-bond acceptors (Lipinski definition) is 3. The van der Waals surface area contributed by atoms with Crippen molar-refractivity contribution in [2.24, 2.45) is 0 Å². The van der Waals surface area contributed by atoms with Crippen LogP contribution in [-0.2, 0) is 6.42 Å². The highest BCUT2D eigenvalue weighted by molar-refractivity contribution is 5.93. The van der Waals surface area contributed by atoms with Crippen molar-refractivity contribution in [3.05, 3.63) is 23.7 Å². The van der Waals surface area contributed by atoms with E-state index in [0.717, 1.165) is 0 Å². The van der Waals surface area contributed by atoms with E-state index >= 15 is 0 Å². The van der Waals surface area contributed by atoms with Gasteiger partial charge >= 0.3 is 0 Å². The van der Waals surface area contributed by atoms with Crippen LogP contribution in [0.25, 0.3) is 0 Å². The highest BCUT2D eigenvalue weighted by Crippen LogP contribution is 2.09. The lowest BCUT2D eigenvalue weighted by molar-refractivity contribution is 0.0960. The van der Waals surface area contributed by atoms with Crippen LogP contribution in [0.4, 0.5) is 0 Å². The van der Waals surface area contributed by atoms with Gasteiger partial charge in [-0.15, -0.1) is 0 Å². The van der Waals surface area contributed by atoms with E-state index < -0.39 is 0 Å². The minimum absolute atomic E-state index is 0.0285. The van der Waals surface area contributed by atoms with E-state index in [0.29, 0.717) is 17.9 Å². The van der Waals surface area contributed by atoms with E-state index in [9.17, 15) is 4.79 Å². The molecule has 3 heteroatoms. The van der Waals surface area contributed by atoms with Crippen LogP contribution in [0.2, 0.25) is 0 Å². The van der Waals surface area contributed by atoms with Gasteiger partial charge < -0.3 is 4.42 Å². The summed E-state index contributed by atoms with van der Waals surface area (Å²) in [6, 6.07) is 5.22. The van der Waals surface area contributed by atoms with Crippen molar-refractivity contribution in [2.45, 2.75) is 19.8 Å². The topological polar surface area (TPSA) is 54.0 Å². The van der Waals surface area contributed by atoms with Crippen LogP contribution in [0.15, 0.2) is 16.5 Å². The third-order valence-corrected chi connectivity index (χ3v) is 1.51. The maximum absolute atomic E-state index is 11.1. The normalized spacial score (nSPS) is 9.33. The van der Waals surface area contributed by atoms with Gasteiger partial charge in [-0.25, -0.2) is 0 Å². The zero-order valence-corrected chi connectivity index (χ0v) is 6.83. The SMILES string of the molecule is CCC(=O)c1ccc(CC#N)o1. The molecule has 0 atom stereocenters. The van der Waals surface area contributed by atoms with Crippen LogP contribution in [0, 0.1) is 11.3 Å². The number of nitriles is 1. The first-order valence-corrected chi connectivity index (χ1v) is 3.76. The van der Waals surface area contributed by atoms with Gasteiger partial charge in [0.05, 0.1) is 12.5 Å². The number of Topliss-reactive ketones (excluding diaryl/α,β-unsaturated/α-hetero) is 1. The second-order valence-corrected chi connectivity index (χ2v) is 2.38. The van der Waals surface area contributed by atoms with Gasteiger partial charge in [0.25, 0.3) is 0 Å². The first-order valence-electron chi connectivity index (χ1n) is 3.76. The molecule has 0 aliphatic heterocycles. The summed E-state index contributed by atoms with van der Waals surface area (Å²) in [6.45, 7) is 1.77. The minimum atomic E-state index is -0.0285. The molecule has 1 rings (SSSR count). The molecule has 0 N–H and O–H groups in total. The lowest BCUT2D eigenvalue weighted by atomic mass is 10.2. The number of furan rings is 1. The Morgan fingerprint density at radius 3 is 3.00 bits per heavy atom. The van der Waals surface area contributed by atoms with Crippen molar-refractivity contribution in [1.82, 2.24) is 0 Å². The number of nitrogens with zero attached hydrogens (tertiary/aromatic N) is 1. The van der Waals surface area contributed by atoms with Gasteiger partial charge in [0.1, 0.15) is 5.76 Å². The fourth-order valence-electron chi connectivity index (χ4n) is 0.875. The number of rotatable bonds is 3. The molecule has 12 heavy (non-hydrogen) atoms. The van der Waals surface area contributed by atoms with Gasteiger partial charge in [-0.1, -0.05) is 6.92 Å². The molecule has 0 radical (unpaired) electrons. The van der Waals surface area contributed by atoms with E-state index in [1.807, 2.05) is 6.07 Å². The predicted octanol–water partition coefficient (Wildman–Crippen LogP) is 1.94. The summed E-state index contributed by atoms with van der Waals surface area (Å²) in [5.41, 5.74) is 0. The molecule has 0 bridgehead atoms. The van der Waals surface area contributed by atoms with Gasteiger partial charge in [-0.2, -0.15) is 5.26 Å². The number of carbonyl (C=O) groups excluding carboxylic acids is 1. The summed E-state index contributed by atoms with van der Waals surface area (Å²) < 4.78 is 5.10. The molecule has 0 amide bonds. The largest absolute Gasteiger partial charge is 0.457 e. The molecular weight excluding hydrogens is 154 g/mol. The van der Waals surface area contributed by atoms with E-state index in [1.165, 1.54) is 0 Å². The maximum atomic E-state index is 11.1. The van der Waals surface area contributed by atoms with E-state index in [-0.39, 0.29) is 12.2 Å². The molecule has 0 aromatic carbocycles. The Morgan fingerprint density at radius 1 is 1.67 bits per heavy atom. The van der Waals surface area contributed by atoms with Crippen LogP contribution >= 0.6 is 0 Å². The summed E-state index contributed by atoms with van der Waals surface area (Å²) in [6.07, 6.45) is 0.649. The van der Waals surface area contributed by atoms with E-state index in [4.69, 9.17) is 9.68 Å². The molecule has 62 valence electrons. The highest BCUT2D eigenvalue weighted by Gasteiger charge is 2.07. The first kappa shape index (κ1) is 8.54. The first-order chi connectivity index (χ1) is 5.77. The fourth-order valence-corrected chi connectivity index (χ4v) is 0.875. The number of carbonyl (C=O) groups is 1. The zero-order valence-electron chi connectivity index (χ0n) is 6.83. The predicted molar refractivity (Wildman–Crippen MR) is 42.6 cm³/mol. The Kier molecular flexibility index (Phi) is 2.65. The smallest absolute Gasteiger partial charge is 0.197 e. The number of hydrogen-bond donors (Lipinski definition) is 0. The quantitative estimate of drug-likeness (QED) is 0.640. The fraction of sp³-hybridized carbons (Fsp3) is 0.333. The monoisotopic (exact) mass is 163 g/mol. The lowest BCUT2D eigenvalue weighted by Gasteiger charge is -1.89. The van der Waals surface area contributed by atoms with Gasteiger partial charge in [0, 0.05) is 6.42 Å². The maximum Gasteiger partial charge on any atom is 0.197 e. The van der Waals surface area contributed by atoms with Gasteiger partial charge in [-0.3, -0.25) is 4.79 Å². The molecule has 0 aliphatic carbocycles. The Hall–Kier alpha value is -1.56. The molecule has 0 spiro atoms. The van der Waals surface area contributed by atoms with Crippen molar-refractivity contribution >= 4 is 5.78 Å². The Bertz CT molecular complexity index is 320. The van der Waals surface area contributed by atoms with Crippen molar-refractivity contribution in [3.63, 3.8) is 0 Å². The average molecular weight is 163 g/mol. The summed E-state index contributed by atoms with van der Waals surface area (Å²) >= 11 is 0. The van der Waals surface area contributed by atoms with Crippen LogP contribution in [-0.4, -0.2) is 5.78 Å². The second-order valence-electron chi connectivity index (χ2n) is 2.38. The Morgan fingerprint density at radius 2 is 2.42 bits per heavy atom. The molecule has 3 nitrogen and oxygen atoms in total. The third-order valence-electron chi connectivity index (χ3n) is 1.51. The molecule has 0 fully saturated rings. The van der Waals surface area contributed by atoms with Crippen LogP contribution < -0.4 is 0 Å². The van der Waals surface area contributed by atoms with Crippen molar-refractivity contribution in [2.75, 3.05) is 0 Å². The van der Waals surface area contributed by atoms with Crippen molar-refractivity contribution < 1.29 is 9.21 Å². The van der Waals surface area contributed by atoms with Gasteiger partial charge in [-0.05, 0) is 12.1 Å². The molecule has 0 saturated carbocycles. The molecule has 0 aliphatic rings. The molecule has 1 heterocycles. The van der Waals surface area contributed by atoms with Crippen LogP contribution in [0.3, 0.4) is 0 Å². The van der Waals surface area contributed by atoms with Crippen molar-refractivity contribution in [1.29, 1.82) is 5.26 Å².